The summed E-state index contributed by atoms with van der Waals surface area (Å²) in [6.45, 7) is 13.8. The topological polar surface area (TPSA) is 49.7 Å². The fraction of sp³-hybridized carbons (Fsp3) is 0.625. The van der Waals surface area contributed by atoms with E-state index in [-0.39, 0.29) is 22.3 Å². The molecule has 0 bridgehead atoms. The van der Waals surface area contributed by atoms with E-state index in [2.05, 4.69) is 0 Å². The van der Waals surface area contributed by atoms with Crippen molar-refractivity contribution in [1.82, 2.24) is 0 Å². The first-order valence-corrected chi connectivity index (χ1v) is 6.56. The van der Waals surface area contributed by atoms with Gasteiger partial charge in [-0.1, -0.05) is 41.5 Å². The van der Waals surface area contributed by atoms with Crippen LogP contribution in [-0.4, -0.2) is 17.3 Å². The van der Waals surface area contributed by atoms with Crippen LogP contribution in [0.2, 0.25) is 0 Å². The maximum atomic E-state index is 10.6. The van der Waals surface area contributed by atoms with E-state index in [9.17, 15) is 10.2 Å². The Morgan fingerprint density at radius 2 is 1.21 bits per heavy atom. The van der Waals surface area contributed by atoms with Gasteiger partial charge in [0.05, 0.1) is 7.11 Å². The average Bonchev–Trinajstić information content (AvgIpc) is 2.19. The Labute approximate surface area is 116 Å². The minimum Gasteiger partial charge on any atom is -0.507 e. The van der Waals surface area contributed by atoms with Crippen molar-refractivity contribution in [2.75, 3.05) is 7.11 Å². The highest BCUT2D eigenvalue weighted by Gasteiger charge is 2.33. The summed E-state index contributed by atoms with van der Waals surface area (Å²) < 4.78 is 5.41. The summed E-state index contributed by atoms with van der Waals surface area (Å²) in [6, 6.07) is 0. The summed E-state index contributed by atoms with van der Waals surface area (Å²) in [5.41, 5.74) is 1.39. The molecule has 0 radical (unpaired) electrons. The third-order valence-electron chi connectivity index (χ3n) is 3.34. The number of ether oxygens (including phenoxy) is 1. The number of phenols is 2. The molecule has 0 aromatic heterocycles. The summed E-state index contributed by atoms with van der Waals surface area (Å²) in [6.07, 6.45) is 0. The molecule has 0 aliphatic rings. The van der Waals surface area contributed by atoms with Crippen LogP contribution in [0, 0.1) is 6.92 Å². The lowest BCUT2D eigenvalue weighted by molar-refractivity contribution is 0.356. The van der Waals surface area contributed by atoms with E-state index in [1.54, 1.807) is 7.11 Å². The van der Waals surface area contributed by atoms with Crippen LogP contribution in [0.15, 0.2) is 0 Å². The van der Waals surface area contributed by atoms with Gasteiger partial charge in [0.25, 0.3) is 0 Å². The van der Waals surface area contributed by atoms with Gasteiger partial charge in [0.15, 0.2) is 0 Å². The first kappa shape index (κ1) is 15.7. The molecule has 1 rings (SSSR count). The Bertz CT molecular complexity index is 488. The Kier molecular flexibility index (Phi) is 3.81. The molecule has 0 aliphatic carbocycles. The van der Waals surface area contributed by atoms with Crippen molar-refractivity contribution in [2.45, 2.75) is 59.3 Å². The SMILES string of the molecule is COc1c(C)c(O)c(C(C)(C)C)c(O)c1C(C)(C)C. The van der Waals surface area contributed by atoms with Gasteiger partial charge in [0, 0.05) is 16.7 Å². The molecule has 0 heterocycles. The Morgan fingerprint density at radius 3 is 1.53 bits per heavy atom. The first-order valence-electron chi connectivity index (χ1n) is 6.56. The van der Waals surface area contributed by atoms with Gasteiger partial charge in [-0.3, -0.25) is 0 Å². The van der Waals surface area contributed by atoms with E-state index in [4.69, 9.17) is 4.74 Å². The van der Waals surface area contributed by atoms with Crippen molar-refractivity contribution in [2.24, 2.45) is 0 Å². The summed E-state index contributed by atoms with van der Waals surface area (Å²) in [5.74, 6) is 0.824. The molecular weight excluding hydrogens is 240 g/mol. The van der Waals surface area contributed by atoms with Gasteiger partial charge in [-0.15, -0.1) is 0 Å². The number of benzene rings is 1. The molecule has 0 spiro atoms. The van der Waals surface area contributed by atoms with Crippen LogP contribution >= 0.6 is 0 Å². The molecule has 0 atom stereocenters. The molecule has 0 saturated heterocycles. The molecule has 0 amide bonds. The smallest absolute Gasteiger partial charge is 0.132 e. The molecule has 0 saturated carbocycles. The maximum absolute atomic E-state index is 10.6. The molecule has 1 aromatic rings. The van der Waals surface area contributed by atoms with Crippen molar-refractivity contribution < 1.29 is 14.9 Å². The number of hydrogen-bond donors (Lipinski definition) is 2. The molecule has 0 unspecified atom stereocenters. The maximum Gasteiger partial charge on any atom is 0.132 e. The summed E-state index contributed by atoms with van der Waals surface area (Å²) in [4.78, 5) is 0. The van der Waals surface area contributed by atoms with Gasteiger partial charge in [0.2, 0.25) is 0 Å². The molecule has 3 heteroatoms. The minimum absolute atomic E-state index is 0.120. The van der Waals surface area contributed by atoms with Gasteiger partial charge in [0.1, 0.15) is 17.2 Å². The second-order valence-corrected chi connectivity index (χ2v) is 7.11. The van der Waals surface area contributed by atoms with Crippen LogP contribution in [0.25, 0.3) is 0 Å². The second kappa shape index (κ2) is 4.62. The molecule has 0 fully saturated rings. The molecule has 0 aliphatic heterocycles. The standard InChI is InChI=1S/C16H26O3/c1-9-12(17)10(15(2,3)4)13(18)11(14(9)19-8)16(5,6)7/h17-18H,1-8H3. The van der Waals surface area contributed by atoms with Gasteiger partial charge in [-0.05, 0) is 17.8 Å². The normalized spacial score (nSPS) is 12.6. The van der Waals surface area contributed by atoms with Crippen LogP contribution in [0.4, 0.5) is 0 Å². The fourth-order valence-electron chi connectivity index (χ4n) is 2.49. The minimum atomic E-state index is -0.342. The lowest BCUT2D eigenvalue weighted by atomic mass is 9.77. The summed E-state index contributed by atoms with van der Waals surface area (Å²) in [5, 5.41) is 21.0. The number of methoxy groups -OCH3 is 1. The van der Waals surface area contributed by atoms with Crippen molar-refractivity contribution in [1.29, 1.82) is 0 Å². The largest absolute Gasteiger partial charge is 0.507 e. The fourth-order valence-corrected chi connectivity index (χ4v) is 2.49. The quantitative estimate of drug-likeness (QED) is 0.807. The zero-order valence-electron chi connectivity index (χ0n) is 13.3. The number of aromatic hydroxyl groups is 2. The van der Waals surface area contributed by atoms with Crippen molar-refractivity contribution in [3.63, 3.8) is 0 Å². The molecule has 108 valence electrons. The first-order chi connectivity index (χ1) is 8.42. The number of phenolic OH excluding ortho intramolecular Hbond substituents is 2. The Hall–Kier alpha value is -1.38. The Morgan fingerprint density at radius 1 is 0.789 bits per heavy atom. The number of hydrogen-bond acceptors (Lipinski definition) is 3. The molecule has 3 nitrogen and oxygen atoms in total. The van der Waals surface area contributed by atoms with Crippen molar-refractivity contribution >= 4 is 0 Å². The van der Waals surface area contributed by atoms with E-state index in [1.165, 1.54) is 0 Å². The highest BCUT2D eigenvalue weighted by molar-refractivity contribution is 5.65. The average molecular weight is 266 g/mol. The molecule has 1 aromatic carbocycles. The highest BCUT2D eigenvalue weighted by Crippen LogP contribution is 2.50. The molecular formula is C16H26O3. The molecule has 19 heavy (non-hydrogen) atoms. The van der Waals surface area contributed by atoms with Crippen LogP contribution in [0.5, 0.6) is 17.2 Å². The third-order valence-corrected chi connectivity index (χ3v) is 3.34. The summed E-state index contributed by atoms with van der Waals surface area (Å²) in [7, 11) is 1.56. The van der Waals surface area contributed by atoms with E-state index < -0.39 is 0 Å². The zero-order chi connectivity index (χ0) is 15.2. The van der Waals surface area contributed by atoms with E-state index in [1.807, 2.05) is 48.5 Å². The van der Waals surface area contributed by atoms with Crippen LogP contribution < -0.4 is 4.74 Å². The van der Waals surface area contributed by atoms with Gasteiger partial charge < -0.3 is 14.9 Å². The van der Waals surface area contributed by atoms with Crippen LogP contribution in [0.3, 0.4) is 0 Å². The lowest BCUT2D eigenvalue weighted by Crippen LogP contribution is -2.19. The van der Waals surface area contributed by atoms with Gasteiger partial charge in [-0.25, -0.2) is 0 Å². The van der Waals surface area contributed by atoms with Gasteiger partial charge >= 0.3 is 0 Å². The third kappa shape index (κ3) is 2.65. The van der Waals surface area contributed by atoms with Crippen molar-refractivity contribution in [3.05, 3.63) is 16.7 Å². The zero-order valence-corrected chi connectivity index (χ0v) is 13.3. The lowest BCUT2D eigenvalue weighted by Gasteiger charge is -2.31. The Balaban J connectivity index is 3.88. The van der Waals surface area contributed by atoms with Crippen LogP contribution in [0.1, 0.15) is 58.2 Å². The summed E-state index contributed by atoms with van der Waals surface area (Å²) >= 11 is 0. The second-order valence-electron chi connectivity index (χ2n) is 7.11. The van der Waals surface area contributed by atoms with Gasteiger partial charge in [-0.2, -0.15) is 0 Å². The van der Waals surface area contributed by atoms with E-state index >= 15 is 0 Å². The van der Waals surface area contributed by atoms with Crippen molar-refractivity contribution in [3.8, 4) is 17.2 Å². The van der Waals surface area contributed by atoms with Crippen LogP contribution in [-0.2, 0) is 10.8 Å². The highest BCUT2D eigenvalue weighted by atomic mass is 16.5. The van der Waals surface area contributed by atoms with E-state index in [0.29, 0.717) is 16.9 Å². The number of rotatable bonds is 1. The predicted molar refractivity (Wildman–Crippen MR) is 78.5 cm³/mol. The van der Waals surface area contributed by atoms with E-state index in [0.717, 1.165) is 5.56 Å². The predicted octanol–water partition coefficient (Wildman–Crippen LogP) is 4.01. The monoisotopic (exact) mass is 266 g/mol. The molecule has 2 N–H and O–H groups in total.